The van der Waals surface area contributed by atoms with Crippen molar-refractivity contribution in [2.45, 2.75) is 39.2 Å². The number of hydrogen-bond donors (Lipinski definition) is 3. The fourth-order valence-corrected chi connectivity index (χ4v) is 2.96. The molecule has 3 N–H and O–H groups in total. The summed E-state index contributed by atoms with van der Waals surface area (Å²) < 4.78 is 5.68. The van der Waals surface area contributed by atoms with Gasteiger partial charge in [0.25, 0.3) is 0 Å². The lowest BCUT2D eigenvalue weighted by Crippen LogP contribution is -2.44. The van der Waals surface area contributed by atoms with E-state index < -0.39 is 0 Å². The maximum atomic E-state index is 9.16. The molecule has 0 spiro atoms. The number of halogens is 1. The Kier molecular flexibility index (Phi) is 11.2. The highest BCUT2D eigenvalue weighted by Gasteiger charge is 2.24. The molecule has 0 bridgehead atoms. The van der Waals surface area contributed by atoms with Gasteiger partial charge in [0.2, 0.25) is 0 Å². The first-order chi connectivity index (χ1) is 11.7. The summed E-state index contributed by atoms with van der Waals surface area (Å²) in [4.78, 5) is 7.06. The summed E-state index contributed by atoms with van der Waals surface area (Å²) in [6.07, 6.45) is 5.56. The number of aliphatic imine (C=N–C) groups is 1. The third-order valence-electron chi connectivity index (χ3n) is 4.38. The summed E-state index contributed by atoms with van der Waals surface area (Å²) in [5, 5.41) is 15.9. The molecule has 1 aromatic heterocycles. The summed E-state index contributed by atoms with van der Waals surface area (Å²) in [5.41, 5.74) is 0. The second kappa shape index (κ2) is 12.5. The second-order valence-corrected chi connectivity index (χ2v) is 6.52. The maximum Gasteiger partial charge on any atom is 0.191 e. The molecular formula is C18H33IN4O2. The van der Waals surface area contributed by atoms with Crippen LogP contribution in [0, 0.1) is 5.92 Å². The molecule has 25 heavy (non-hydrogen) atoms. The van der Waals surface area contributed by atoms with E-state index in [-0.39, 0.29) is 42.5 Å². The summed E-state index contributed by atoms with van der Waals surface area (Å²) in [6, 6.07) is 4.23. The van der Waals surface area contributed by atoms with Gasteiger partial charge in [-0.05, 0) is 50.9 Å². The van der Waals surface area contributed by atoms with Gasteiger partial charge < -0.3 is 20.2 Å². The average molecular weight is 464 g/mol. The fourth-order valence-electron chi connectivity index (χ4n) is 2.96. The molecule has 1 fully saturated rings. The van der Waals surface area contributed by atoms with Crippen LogP contribution in [0.2, 0.25) is 0 Å². The maximum absolute atomic E-state index is 9.16. The van der Waals surface area contributed by atoms with Gasteiger partial charge in [-0.25, -0.2) is 0 Å². The van der Waals surface area contributed by atoms with Crippen LogP contribution in [0.25, 0.3) is 0 Å². The van der Waals surface area contributed by atoms with Gasteiger partial charge >= 0.3 is 0 Å². The first-order valence-corrected chi connectivity index (χ1v) is 9.15. The van der Waals surface area contributed by atoms with Crippen LogP contribution in [0.3, 0.4) is 0 Å². The molecule has 6 nitrogen and oxygen atoms in total. The van der Waals surface area contributed by atoms with Crippen molar-refractivity contribution in [1.82, 2.24) is 15.5 Å². The molecule has 2 rings (SSSR count). The highest BCUT2D eigenvalue weighted by Crippen LogP contribution is 2.24. The number of hydrogen-bond acceptors (Lipinski definition) is 4. The normalized spacial score (nSPS) is 18.3. The van der Waals surface area contributed by atoms with E-state index in [0.29, 0.717) is 6.54 Å². The molecule has 0 aromatic carbocycles. The molecule has 0 radical (unpaired) electrons. The van der Waals surface area contributed by atoms with E-state index in [9.17, 15) is 0 Å². The fraction of sp³-hybridized carbons (Fsp3) is 0.722. The standard InChI is InChI=1S/C18H32N4O2.HI/c1-3-19-18(20-12-15(2)14-23)21-13-16(17-8-7-11-24-17)22-9-5-4-6-10-22;/h7-8,11,15-16,23H,3-6,9-10,12-14H2,1-2H3,(H2,19,20,21);1H. The SMILES string of the molecule is CCNC(=NCC(C)CO)NCC(c1ccco1)N1CCCCC1.I. The Morgan fingerprint density at radius 3 is 2.68 bits per heavy atom. The van der Waals surface area contributed by atoms with Crippen molar-refractivity contribution in [3.05, 3.63) is 24.2 Å². The number of guanidine groups is 1. The lowest BCUT2D eigenvalue weighted by atomic mass is 10.1. The molecule has 2 unspecified atom stereocenters. The van der Waals surface area contributed by atoms with Crippen molar-refractivity contribution in [2.24, 2.45) is 10.9 Å². The highest BCUT2D eigenvalue weighted by atomic mass is 127. The van der Waals surface area contributed by atoms with Crippen molar-refractivity contribution in [2.75, 3.05) is 39.3 Å². The minimum Gasteiger partial charge on any atom is -0.468 e. The van der Waals surface area contributed by atoms with E-state index in [4.69, 9.17) is 9.52 Å². The Labute approximate surface area is 168 Å². The second-order valence-electron chi connectivity index (χ2n) is 6.52. The number of nitrogens with one attached hydrogen (secondary N) is 2. The number of aliphatic hydroxyl groups excluding tert-OH is 1. The lowest BCUT2D eigenvalue weighted by molar-refractivity contribution is 0.146. The van der Waals surface area contributed by atoms with E-state index in [2.05, 4.69) is 33.5 Å². The van der Waals surface area contributed by atoms with Crippen LogP contribution >= 0.6 is 24.0 Å². The number of nitrogens with zero attached hydrogens (tertiary/aromatic N) is 2. The number of rotatable bonds is 8. The van der Waals surface area contributed by atoms with E-state index in [1.54, 1.807) is 6.26 Å². The molecular weight excluding hydrogens is 431 g/mol. The van der Waals surface area contributed by atoms with Crippen LogP contribution in [0.5, 0.6) is 0 Å². The van der Waals surface area contributed by atoms with Crippen LogP contribution in [-0.2, 0) is 0 Å². The molecule has 1 aliphatic heterocycles. The minimum atomic E-state index is 0. The summed E-state index contributed by atoms with van der Waals surface area (Å²) in [5.74, 6) is 1.97. The zero-order valence-corrected chi connectivity index (χ0v) is 17.7. The Hall–Kier alpha value is -0.800. The van der Waals surface area contributed by atoms with E-state index >= 15 is 0 Å². The van der Waals surface area contributed by atoms with Crippen molar-refractivity contribution < 1.29 is 9.52 Å². The third kappa shape index (κ3) is 7.53. The number of aliphatic hydroxyl groups is 1. The lowest BCUT2D eigenvalue weighted by Gasteiger charge is -2.33. The summed E-state index contributed by atoms with van der Waals surface area (Å²) in [7, 11) is 0. The topological polar surface area (TPSA) is 73.0 Å². The highest BCUT2D eigenvalue weighted by molar-refractivity contribution is 14.0. The van der Waals surface area contributed by atoms with Gasteiger partial charge in [0.1, 0.15) is 5.76 Å². The van der Waals surface area contributed by atoms with Gasteiger partial charge in [-0.1, -0.05) is 13.3 Å². The molecule has 7 heteroatoms. The first-order valence-electron chi connectivity index (χ1n) is 9.15. The van der Waals surface area contributed by atoms with Gasteiger partial charge in [0.15, 0.2) is 5.96 Å². The van der Waals surface area contributed by atoms with Crippen LogP contribution in [0.15, 0.2) is 27.8 Å². The van der Waals surface area contributed by atoms with Gasteiger partial charge in [-0.15, -0.1) is 24.0 Å². The molecule has 1 saturated heterocycles. The van der Waals surface area contributed by atoms with Crippen LogP contribution in [0.1, 0.15) is 44.9 Å². The van der Waals surface area contributed by atoms with Crippen LogP contribution < -0.4 is 10.6 Å². The molecule has 0 amide bonds. The quantitative estimate of drug-likeness (QED) is 0.314. The largest absolute Gasteiger partial charge is 0.468 e. The Morgan fingerprint density at radius 1 is 1.32 bits per heavy atom. The predicted molar refractivity (Wildman–Crippen MR) is 113 cm³/mol. The van der Waals surface area contributed by atoms with Gasteiger partial charge in [0.05, 0.1) is 12.3 Å². The summed E-state index contributed by atoms with van der Waals surface area (Å²) >= 11 is 0. The van der Waals surface area contributed by atoms with Gasteiger partial charge in [-0.2, -0.15) is 0 Å². The van der Waals surface area contributed by atoms with Gasteiger partial charge in [0, 0.05) is 26.2 Å². The molecule has 1 aromatic rings. The summed E-state index contributed by atoms with van der Waals surface area (Å²) in [6.45, 7) is 8.62. The number of piperidine rings is 1. The molecule has 144 valence electrons. The zero-order chi connectivity index (χ0) is 17.2. The van der Waals surface area contributed by atoms with Gasteiger partial charge in [-0.3, -0.25) is 9.89 Å². The van der Waals surface area contributed by atoms with E-state index in [1.165, 1.54) is 19.3 Å². The number of furan rings is 1. The van der Waals surface area contributed by atoms with Crippen molar-refractivity contribution in [3.63, 3.8) is 0 Å². The Bertz CT molecular complexity index is 475. The molecule has 0 saturated carbocycles. The molecule has 0 aliphatic carbocycles. The van der Waals surface area contributed by atoms with Crippen LogP contribution in [-0.4, -0.2) is 55.3 Å². The van der Waals surface area contributed by atoms with Crippen molar-refractivity contribution in [3.8, 4) is 0 Å². The molecule has 2 atom stereocenters. The van der Waals surface area contributed by atoms with E-state index in [0.717, 1.165) is 37.9 Å². The van der Waals surface area contributed by atoms with Crippen molar-refractivity contribution >= 4 is 29.9 Å². The average Bonchev–Trinajstić information content (AvgIpc) is 3.14. The Balaban J connectivity index is 0.00000312. The molecule has 2 heterocycles. The minimum absolute atomic E-state index is 0. The first kappa shape index (κ1) is 22.2. The monoisotopic (exact) mass is 464 g/mol. The third-order valence-corrected chi connectivity index (χ3v) is 4.38. The predicted octanol–water partition coefficient (Wildman–Crippen LogP) is 2.61. The van der Waals surface area contributed by atoms with E-state index in [1.807, 2.05) is 13.0 Å². The zero-order valence-electron chi connectivity index (χ0n) is 15.4. The van der Waals surface area contributed by atoms with Crippen molar-refractivity contribution in [1.29, 1.82) is 0 Å². The smallest absolute Gasteiger partial charge is 0.191 e. The number of likely N-dealkylation sites (tertiary alicyclic amines) is 1. The van der Waals surface area contributed by atoms with Crippen LogP contribution in [0.4, 0.5) is 0 Å². The molecule has 1 aliphatic rings. The Morgan fingerprint density at radius 2 is 2.08 bits per heavy atom.